The Bertz CT molecular complexity index is 896. The molecule has 0 spiro atoms. The Hall–Kier alpha value is -2.96. The summed E-state index contributed by atoms with van der Waals surface area (Å²) in [6, 6.07) is 8.76. The van der Waals surface area contributed by atoms with Crippen LogP contribution < -0.4 is 10.2 Å². The molecular weight excluding hydrogens is 361 g/mol. The second-order valence-corrected chi connectivity index (χ2v) is 7.24. The summed E-state index contributed by atoms with van der Waals surface area (Å²) >= 11 is 0. The highest BCUT2D eigenvalue weighted by Gasteiger charge is 2.31. The number of anilines is 1. The Balaban J connectivity index is 1.47. The minimum Gasteiger partial charge on any atom is -0.446 e. The van der Waals surface area contributed by atoms with Gasteiger partial charge in [-0.05, 0) is 69.0 Å². The zero-order chi connectivity index (χ0) is 19.7. The SMILES string of the molecule is CC(NC(=O)c1ccc(F)cc1)c1ccc2c(n1)CCCN2C(=O)OC1CC1. The lowest BCUT2D eigenvalue weighted by molar-refractivity contribution is 0.0939. The molecule has 7 heteroatoms. The lowest BCUT2D eigenvalue weighted by atomic mass is 10.1. The predicted molar refractivity (Wildman–Crippen MR) is 102 cm³/mol. The van der Waals surface area contributed by atoms with Crippen LogP contribution in [0.15, 0.2) is 36.4 Å². The highest BCUT2D eigenvalue weighted by atomic mass is 19.1. The number of nitrogens with zero attached hydrogens (tertiary/aromatic N) is 2. The average molecular weight is 383 g/mol. The van der Waals surface area contributed by atoms with Crippen LogP contribution >= 0.6 is 0 Å². The molecule has 2 amide bonds. The van der Waals surface area contributed by atoms with Crippen molar-refractivity contribution in [3.63, 3.8) is 0 Å². The van der Waals surface area contributed by atoms with Gasteiger partial charge in [0.15, 0.2) is 0 Å². The van der Waals surface area contributed by atoms with E-state index in [4.69, 9.17) is 4.74 Å². The Kier molecular flexibility index (Phi) is 4.98. The minimum absolute atomic E-state index is 0.0619. The van der Waals surface area contributed by atoms with Crippen molar-refractivity contribution < 1.29 is 18.7 Å². The number of ether oxygens (including phenoxy) is 1. The molecule has 146 valence electrons. The van der Waals surface area contributed by atoms with E-state index in [0.29, 0.717) is 17.8 Å². The number of hydrogen-bond acceptors (Lipinski definition) is 4. The summed E-state index contributed by atoms with van der Waals surface area (Å²) in [5.74, 6) is -0.674. The number of pyridine rings is 1. The van der Waals surface area contributed by atoms with E-state index in [1.807, 2.05) is 19.1 Å². The van der Waals surface area contributed by atoms with Gasteiger partial charge in [-0.15, -0.1) is 0 Å². The van der Waals surface area contributed by atoms with E-state index >= 15 is 0 Å². The van der Waals surface area contributed by atoms with E-state index in [1.54, 1.807) is 4.90 Å². The van der Waals surface area contributed by atoms with Crippen LogP contribution in [-0.4, -0.2) is 29.6 Å². The lowest BCUT2D eigenvalue weighted by Gasteiger charge is -2.29. The summed E-state index contributed by atoms with van der Waals surface area (Å²) < 4.78 is 18.4. The molecule has 1 saturated carbocycles. The van der Waals surface area contributed by atoms with Gasteiger partial charge in [-0.1, -0.05) is 0 Å². The Morgan fingerprint density at radius 3 is 2.68 bits per heavy atom. The molecule has 1 unspecified atom stereocenters. The standard InChI is InChI=1S/C21H22FN3O3/c1-13(23-20(26)14-4-6-15(22)7-5-14)17-10-11-19-18(24-17)3-2-12-25(19)21(27)28-16-8-9-16/h4-7,10-11,13,16H,2-3,8-9,12H2,1H3,(H,23,26). The summed E-state index contributed by atoms with van der Waals surface area (Å²) in [4.78, 5) is 31.0. The number of halogens is 1. The molecule has 2 heterocycles. The van der Waals surface area contributed by atoms with Crippen LogP contribution in [0.5, 0.6) is 0 Å². The maximum absolute atomic E-state index is 13.0. The molecule has 1 aromatic heterocycles. The summed E-state index contributed by atoms with van der Waals surface area (Å²) in [5, 5.41) is 2.88. The number of fused-ring (bicyclic) bond motifs is 1. The van der Waals surface area contributed by atoms with Crippen LogP contribution in [0.3, 0.4) is 0 Å². The first-order chi connectivity index (χ1) is 13.5. The van der Waals surface area contributed by atoms with Crippen molar-refractivity contribution >= 4 is 17.7 Å². The monoisotopic (exact) mass is 383 g/mol. The topological polar surface area (TPSA) is 71.5 Å². The van der Waals surface area contributed by atoms with Crippen LogP contribution in [0.25, 0.3) is 0 Å². The van der Waals surface area contributed by atoms with Gasteiger partial charge in [0.1, 0.15) is 11.9 Å². The Morgan fingerprint density at radius 2 is 1.96 bits per heavy atom. The number of amides is 2. The van der Waals surface area contributed by atoms with Crippen LogP contribution in [-0.2, 0) is 11.2 Å². The zero-order valence-corrected chi connectivity index (χ0v) is 15.7. The van der Waals surface area contributed by atoms with Crippen molar-refractivity contribution in [1.82, 2.24) is 10.3 Å². The fourth-order valence-corrected chi connectivity index (χ4v) is 3.24. The van der Waals surface area contributed by atoms with E-state index < -0.39 is 0 Å². The van der Waals surface area contributed by atoms with Crippen LogP contribution in [0.2, 0.25) is 0 Å². The van der Waals surface area contributed by atoms with Crippen molar-refractivity contribution in [2.24, 2.45) is 0 Å². The van der Waals surface area contributed by atoms with E-state index in [9.17, 15) is 14.0 Å². The predicted octanol–water partition coefficient (Wildman–Crippen LogP) is 3.76. The molecule has 1 aromatic carbocycles. The van der Waals surface area contributed by atoms with Gasteiger partial charge in [0.2, 0.25) is 0 Å². The normalized spacial score (nSPS) is 16.9. The molecule has 4 rings (SSSR count). The molecule has 1 aliphatic carbocycles. The highest BCUT2D eigenvalue weighted by molar-refractivity contribution is 5.94. The fraction of sp³-hybridized carbons (Fsp3) is 0.381. The molecule has 2 aromatic rings. The second kappa shape index (κ2) is 7.58. The maximum atomic E-state index is 13.0. The third kappa shape index (κ3) is 3.98. The molecule has 0 radical (unpaired) electrons. The van der Waals surface area contributed by atoms with E-state index in [-0.39, 0.29) is 30.0 Å². The van der Waals surface area contributed by atoms with E-state index in [1.165, 1.54) is 24.3 Å². The number of carbonyl (C=O) groups is 2. The Labute approximate surface area is 162 Å². The van der Waals surface area contributed by atoms with Gasteiger partial charge < -0.3 is 10.1 Å². The number of nitrogens with one attached hydrogen (secondary N) is 1. The van der Waals surface area contributed by atoms with Gasteiger partial charge in [0.05, 0.1) is 23.1 Å². The number of carbonyl (C=O) groups excluding carboxylic acids is 2. The van der Waals surface area contributed by atoms with Gasteiger partial charge in [0.25, 0.3) is 5.91 Å². The summed E-state index contributed by atoms with van der Waals surface area (Å²) in [6.45, 7) is 2.47. The molecule has 1 fully saturated rings. The van der Waals surface area contributed by atoms with E-state index in [0.717, 1.165) is 37.1 Å². The number of aryl methyl sites for hydroxylation is 1. The van der Waals surface area contributed by atoms with Gasteiger partial charge in [0, 0.05) is 12.1 Å². The smallest absolute Gasteiger partial charge is 0.414 e. The molecule has 0 bridgehead atoms. The van der Waals surface area contributed by atoms with Crippen LogP contribution in [0, 0.1) is 5.82 Å². The van der Waals surface area contributed by atoms with Crippen molar-refractivity contribution in [1.29, 1.82) is 0 Å². The molecule has 1 atom stereocenters. The number of aromatic nitrogens is 1. The van der Waals surface area contributed by atoms with Crippen molar-refractivity contribution in [2.75, 3.05) is 11.4 Å². The van der Waals surface area contributed by atoms with Gasteiger partial charge in [-0.3, -0.25) is 14.7 Å². The third-order valence-electron chi connectivity index (χ3n) is 4.97. The second-order valence-electron chi connectivity index (χ2n) is 7.24. The molecule has 0 saturated heterocycles. The van der Waals surface area contributed by atoms with Crippen LogP contribution in [0.4, 0.5) is 14.9 Å². The third-order valence-corrected chi connectivity index (χ3v) is 4.97. The maximum Gasteiger partial charge on any atom is 0.414 e. The lowest BCUT2D eigenvalue weighted by Crippen LogP contribution is -2.37. The van der Waals surface area contributed by atoms with Gasteiger partial charge >= 0.3 is 6.09 Å². The van der Waals surface area contributed by atoms with Crippen molar-refractivity contribution in [2.45, 2.75) is 44.8 Å². The quantitative estimate of drug-likeness (QED) is 0.873. The van der Waals surface area contributed by atoms with Crippen molar-refractivity contribution in [3.05, 3.63) is 59.2 Å². The highest BCUT2D eigenvalue weighted by Crippen LogP contribution is 2.30. The largest absolute Gasteiger partial charge is 0.446 e. The summed E-state index contributed by atoms with van der Waals surface area (Å²) in [7, 11) is 0. The van der Waals surface area contributed by atoms with Gasteiger partial charge in [-0.25, -0.2) is 9.18 Å². The molecule has 28 heavy (non-hydrogen) atoms. The average Bonchev–Trinajstić information content (AvgIpc) is 3.51. The first-order valence-corrected chi connectivity index (χ1v) is 9.55. The zero-order valence-electron chi connectivity index (χ0n) is 15.7. The number of hydrogen-bond donors (Lipinski definition) is 1. The first-order valence-electron chi connectivity index (χ1n) is 9.55. The summed E-state index contributed by atoms with van der Waals surface area (Å²) in [5.41, 5.74) is 2.71. The summed E-state index contributed by atoms with van der Waals surface area (Å²) in [6.07, 6.45) is 3.22. The van der Waals surface area contributed by atoms with E-state index in [2.05, 4.69) is 10.3 Å². The molecule has 2 aliphatic rings. The van der Waals surface area contributed by atoms with Crippen molar-refractivity contribution in [3.8, 4) is 0 Å². The fourth-order valence-electron chi connectivity index (χ4n) is 3.24. The van der Waals surface area contributed by atoms with Gasteiger partial charge in [-0.2, -0.15) is 0 Å². The minimum atomic E-state index is -0.384. The Morgan fingerprint density at radius 1 is 1.21 bits per heavy atom. The molecule has 1 N–H and O–H groups in total. The number of benzene rings is 1. The number of rotatable bonds is 4. The first kappa shape index (κ1) is 18.4. The molecule has 1 aliphatic heterocycles. The van der Waals surface area contributed by atoms with Crippen LogP contribution in [0.1, 0.15) is 54.0 Å². The molecular formula is C21H22FN3O3. The molecule has 6 nitrogen and oxygen atoms in total.